The van der Waals surface area contributed by atoms with Crippen molar-refractivity contribution in [3.8, 4) is 0 Å². The zero-order chi connectivity index (χ0) is 38.3. The largest absolute Gasteiger partial charge is 0.338 e. The van der Waals surface area contributed by atoms with Crippen molar-refractivity contribution in [2.75, 3.05) is 23.3 Å². The Bertz CT molecular complexity index is 2160. The van der Waals surface area contributed by atoms with E-state index >= 15 is 0 Å². The van der Waals surface area contributed by atoms with Crippen molar-refractivity contribution in [2.45, 2.75) is 96.3 Å². The van der Waals surface area contributed by atoms with Gasteiger partial charge < -0.3 is 10.2 Å². The van der Waals surface area contributed by atoms with E-state index in [9.17, 15) is 13.2 Å². The third-order valence-corrected chi connectivity index (χ3v) is 12.2. The summed E-state index contributed by atoms with van der Waals surface area (Å²) < 4.78 is 24.6. The second-order valence-corrected chi connectivity index (χ2v) is 16.9. The first-order valence-corrected chi connectivity index (χ1v) is 20.9. The average Bonchev–Trinajstić information content (AvgIpc) is 3.50. The molecule has 2 aliphatic heterocycles. The zero-order valence-corrected chi connectivity index (χ0v) is 33.6. The number of fused-ring (bicyclic) bond motifs is 2. The number of carbonyl (C=O) groups excluding carboxylic acids is 1. The fourth-order valence-electron chi connectivity index (χ4n) is 8.28. The Morgan fingerprint density at radius 1 is 0.907 bits per heavy atom. The van der Waals surface area contributed by atoms with Gasteiger partial charge in [-0.3, -0.25) is 4.79 Å². The minimum absolute atomic E-state index is 0.0580. The van der Waals surface area contributed by atoms with E-state index in [1.807, 2.05) is 30.3 Å². The highest BCUT2D eigenvalue weighted by Crippen LogP contribution is 2.48. The molecule has 0 saturated carbocycles. The van der Waals surface area contributed by atoms with E-state index in [2.05, 4.69) is 115 Å². The van der Waals surface area contributed by atoms with Crippen molar-refractivity contribution in [3.63, 3.8) is 0 Å². The second kappa shape index (κ2) is 17.4. The van der Waals surface area contributed by atoms with Crippen molar-refractivity contribution >= 4 is 55.9 Å². The maximum absolute atomic E-state index is 12.5. The van der Waals surface area contributed by atoms with E-state index in [0.717, 1.165) is 80.0 Å². The first-order chi connectivity index (χ1) is 26.0. The van der Waals surface area contributed by atoms with Crippen LogP contribution in [0.1, 0.15) is 96.6 Å². The minimum atomic E-state index is -2.14. The minimum Gasteiger partial charge on any atom is -0.338 e. The molecule has 0 aromatic heterocycles. The molecule has 3 aliphatic rings. The molecule has 1 amide bonds. The molecule has 0 saturated heterocycles. The highest BCUT2D eigenvalue weighted by Gasteiger charge is 2.44. The van der Waals surface area contributed by atoms with Gasteiger partial charge in [0.05, 0.1) is 11.1 Å². The Labute approximate surface area is 328 Å². The van der Waals surface area contributed by atoms with Gasteiger partial charge in [0.25, 0.3) is 0 Å². The number of unbranched alkanes of at least 4 members (excludes halogenated alkanes) is 3. The SMILES string of the molecule is CC1(C)C(=C=CC2CCCC(/C=C/C3=[N+](CCCC=S(=O)=O)c4ccccc4C3(C)C)=C2Cl)N(CCCCCC(=O)Nc2ccccc2)c2ccccc21. The van der Waals surface area contributed by atoms with Gasteiger partial charge in [-0.25, -0.2) is 0 Å². The molecule has 8 heteroatoms. The third-order valence-electron chi connectivity index (χ3n) is 11.2. The molecule has 2 heterocycles. The predicted molar refractivity (Wildman–Crippen MR) is 225 cm³/mol. The molecule has 6 rings (SSSR count). The molecule has 54 heavy (non-hydrogen) atoms. The van der Waals surface area contributed by atoms with Crippen LogP contribution >= 0.6 is 11.6 Å². The first-order valence-electron chi connectivity index (χ1n) is 19.4. The molecule has 6 nitrogen and oxygen atoms in total. The standard InChI is InChI=1S/C46H52ClN3O3S/c1-45(2)37-22-10-12-24-39(37)49(31-14-6-9-26-43(51)48-36-20-7-5-8-21-36)41(45)29-27-34-18-17-19-35(44(34)47)28-30-42-46(3,4)38-23-11-13-25-40(38)50(42)32-15-16-33-54(52)53/h5,7-8,10-13,20-25,27-28,30,33-34H,6,9,14-19,26,31-32H2,1-4H3/p+1/b30-28+. The monoisotopic (exact) mass is 762 g/mol. The van der Waals surface area contributed by atoms with E-state index in [1.165, 1.54) is 33.6 Å². The summed E-state index contributed by atoms with van der Waals surface area (Å²) in [6.45, 7) is 10.7. The van der Waals surface area contributed by atoms with Crippen molar-refractivity contribution in [1.82, 2.24) is 0 Å². The lowest BCUT2D eigenvalue weighted by Crippen LogP contribution is -2.28. The van der Waals surface area contributed by atoms with Crippen molar-refractivity contribution in [1.29, 1.82) is 0 Å². The summed E-state index contributed by atoms with van der Waals surface area (Å²) in [4.78, 5) is 14.9. The fourth-order valence-corrected chi connectivity index (χ4v) is 8.97. The van der Waals surface area contributed by atoms with Crippen LogP contribution in [0.15, 0.2) is 119 Å². The summed E-state index contributed by atoms with van der Waals surface area (Å²) in [6, 6.07) is 26.8. The van der Waals surface area contributed by atoms with Crippen molar-refractivity contribution in [3.05, 3.63) is 130 Å². The number of amides is 1. The molecule has 1 aliphatic carbocycles. The highest BCUT2D eigenvalue weighted by molar-refractivity contribution is 7.71. The summed E-state index contributed by atoms with van der Waals surface area (Å²) in [6.07, 6.45) is 14.1. The summed E-state index contributed by atoms with van der Waals surface area (Å²) >= 11 is 7.26. The molecule has 1 unspecified atom stereocenters. The molecule has 3 aromatic carbocycles. The molecule has 1 N–H and O–H groups in total. The van der Waals surface area contributed by atoms with E-state index in [-0.39, 0.29) is 22.7 Å². The molecule has 3 aromatic rings. The molecule has 282 valence electrons. The fraction of sp³-hybridized carbons (Fsp3) is 0.391. The quantitative estimate of drug-likeness (QED) is 0.0769. The lowest BCUT2D eigenvalue weighted by Gasteiger charge is -2.26. The Morgan fingerprint density at radius 3 is 2.41 bits per heavy atom. The maximum Gasteiger partial charge on any atom is 0.224 e. The van der Waals surface area contributed by atoms with Crippen LogP contribution in [0.5, 0.6) is 0 Å². The van der Waals surface area contributed by atoms with Gasteiger partial charge in [0.1, 0.15) is 6.54 Å². The Kier molecular flexibility index (Phi) is 12.6. The van der Waals surface area contributed by atoms with Gasteiger partial charge in [0.2, 0.25) is 21.9 Å². The molecule has 0 fully saturated rings. The number of benzene rings is 3. The van der Waals surface area contributed by atoms with Gasteiger partial charge in [-0.15, -0.1) is 5.73 Å². The summed E-state index contributed by atoms with van der Waals surface area (Å²) in [5, 5.41) is 5.22. The predicted octanol–water partition coefficient (Wildman–Crippen LogP) is 10.4. The maximum atomic E-state index is 12.5. The Hall–Kier alpha value is -4.42. The van der Waals surface area contributed by atoms with Crippen LogP contribution in [0, 0.1) is 5.92 Å². The van der Waals surface area contributed by atoms with Gasteiger partial charge in [0.15, 0.2) is 5.71 Å². The number of hydrogen-bond donors (Lipinski definition) is 1. The van der Waals surface area contributed by atoms with Gasteiger partial charge in [-0.05, 0) is 102 Å². The van der Waals surface area contributed by atoms with Crippen LogP contribution in [0.3, 0.4) is 0 Å². The lowest BCUT2D eigenvalue weighted by atomic mass is 9.81. The topological polar surface area (TPSA) is 69.5 Å². The molecular formula is C46H53ClN3O3S+. The molecule has 0 radical (unpaired) electrons. The number of hydrogen-bond acceptors (Lipinski definition) is 4. The number of nitrogens with one attached hydrogen (secondary N) is 1. The van der Waals surface area contributed by atoms with Crippen LogP contribution in [0.2, 0.25) is 0 Å². The summed E-state index contributed by atoms with van der Waals surface area (Å²) in [7, 11) is -2.14. The van der Waals surface area contributed by atoms with Gasteiger partial charge in [-0.2, -0.15) is 13.0 Å². The number of carbonyl (C=O) groups is 1. The Morgan fingerprint density at radius 2 is 1.63 bits per heavy atom. The van der Waals surface area contributed by atoms with Crippen molar-refractivity contribution < 1.29 is 17.8 Å². The molecule has 0 spiro atoms. The van der Waals surface area contributed by atoms with E-state index in [0.29, 0.717) is 12.8 Å². The number of allylic oxidation sites excluding steroid dienone is 5. The number of nitrogens with zero attached hydrogens (tertiary/aromatic N) is 2. The second-order valence-electron chi connectivity index (χ2n) is 15.6. The molecule has 1 atom stereocenters. The van der Waals surface area contributed by atoms with Crippen LogP contribution in [0.4, 0.5) is 17.1 Å². The lowest BCUT2D eigenvalue weighted by molar-refractivity contribution is -0.437. The van der Waals surface area contributed by atoms with Gasteiger partial charge in [0, 0.05) is 70.2 Å². The van der Waals surface area contributed by atoms with E-state index < -0.39 is 10.3 Å². The first kappa shape index (κ1) is 39.3. The number of anilines is 2. The van der Waals surface area contributed by atoms with Crippen molar-refractivity contribution in [2.24, 2.45) is 5.92 Å². The van der Waals surface area contributed by atoms with Crippen LogP contribution in [-0.4, -0.2) is 43.1 Å². The van der Waals surface area contributed by atoms with Gasteiger partial charge >= 0.3 is 0 Å². The normalized spacial score (nSPS) is 18.4. The number of para-hydroxylation sites is 3. The summed E-state index contributed by atoms with van der Waals surface area (Å²) in [5.41, 5.74) is 12.7. The van der Waals surface area contributed by atoms with E-state index in [4.69, 9.17) is 11.6 Å². The Balaban J connectivity index is 1.20. The van der Waals surface area contributed by atoms with Crippen LogP contribution < -0.4 is 10.2 Å². The smallest absolute Gasteiger partial charge is 0.224 e. The van der Waals surface area contributed by atoms with Crippen LogP contribution in [0.25, 0.3) is 0 Å². The van der Waals surface area contributed by atoms with E-state index in [1.54, 1.807) is 0 Å². The van der Waals surface area contributed by atoms with Crippen LogP contribution in [-0.2, 0) is 25.9 Å². The number of rotatable bonds is 14. The molecular weight excluding hydrogens is 710 g/mol. The third kappa shape index (κ3) is 8.76. The average molecular weight is 763 g/mol. The summed E-state index contributed by atoms with van der Waals surface area (Å²) in [5.74, 6) is 0.137. The number of halogens is 1. The zero-order valence-electron chi connectivity index (χ0n) is 32.1. The van der Waals surface area contributed by atoms with Gasteiger partial charge in [-0.1, -0.05) is 78.7 Å². The molecule has 0 bridgehead atoms. The highest BCUT2D eigenvalue weighted by atomic mass is 35.5.